The number of hydrogen-bond donors (Lipinski definition) is 0. The van der Waals surface area contributed by atoms with Gasteiger partial charge in [0.2, 0.25) is 0 Å². The van der Waals surface area contributed by atoms with E-state index >= 15 is 0 Å². The normalized spacial score (nSPS) is 7.85. The Morgan fingerprint density at radius 2 is 1.62 bits per heavy atom. The Balaban J connectivity index is -0.0000000239. The van der Waals surface area contributed by atoms with E-state index in [0.717, 1.165) is 6.42 Å². The quantitative estimate of drug-likeness (QED) is 0.627. The van der Waals surface area contributed by atoms with Crippen molar-refractivity contribution in [3.63, 3.8) is 0 Å². The summed E-state index contributed by atoms with van der Waals surface area (Å²) < 4.78 is 0. The van der Waals surface area contributed by atoms with Crippen LogP contribution in [0.25, 0.3) is 11.2 Å². The molecule has 0 heterocycles. The summed E-state index contributed by atoms with van der Waals surface area (Å²) in [6.45, 7) is 5.00. The van der Waals surface area contributed by atoms with E-state index in [9.17, 15) is 0 Å². The first-order chi connectivity index (χ1) is 5.50. The third kappa shape index (κ3) is 52.3. The minimum Gasteiger partial charge on any atom is -0.577 e. The van der Waals surface area contributed by atoms with Crippen LogP contribution in [0.15, 0.2) is 18.2 Å². The van der Waals surface area contributed by atoms with Crippen LogP contribution >= 0.6 is 0 Å². The monoisotopic (exact) mass is 353 g/mol. The second-order valence-corrected chi connectivity index (χ2v) is 1.00. The molecule has 4 nitrogen and oxygen atoms in total. The molecule has 0 bridgehead atoms. The first-order valence-electron chi connectivity index (χ1n) is 2.79. The van der Waals surface area contributed by atoms with E-state index < -0.39 is 0 Å². The van der Waals surface area contributed by atoms with Crippen molar-refractivity contribution >= 4 is 0 Å². The minimum atomic E-state index is 0. The van der Waals surface area contributed by atoms with Crippen molar-refractivity contribution in [1.29, 1.82) is 0 Å². The number of hydrogen-bond acceptors (Lipinski definition) is 2. The van der Waals surface area contributed by atoms with Crippen molar-refractivity contribution in [3.05, 3.63) is 59.7 Å². The molecule has 0 aromatic carbocycles. The van der Waals surface area contributed by atoms with Gasteiger partial charge in [-0.1, -0.05) is 0 Å². The van der Waals surface area contributed by atoms with Crippen molar-refractivity contribution in [2.24, 2.45) is 0 Å². The van der Waals surface area contributed by atoms with Crippen LogP contribution in [-0.4, -0.2) is 0 Å². The maximum absolute atomic E-state index is 7.25. The van der Waals surface area contributed by atoms with E-state index in [-0.39, 0.29) is 28.5 Å². The molecule has 13 heavy (non-hydrogen) atoms. The first kappa shape index (κ1) is 29.4. The molecule has 0 N–H and O–H groups in total. The van der Waals surface area contributed by atoms with Crippen LogP contribution in [0.3, 0.4) is 0 Å². The first-order valence-corrected chi connectivity index (χ1v) is 2.79. The predicted molar refractivity (Wildman–Crippen MR) is 52.5 cm³/mol. The third-order valence-electron chi connectivity index (χ3n) is 0.586. The Bertz CT molecular complexity index is 96.3. The summed E-state index contributed by atoms with van der Waals surface area (Å²) in [7, 11) is 0. The summed E-state index contributed by atoms with van der Waals surface area (Å²) in [4.78, 5) is 14.5. The zero-order chi connectivity index (χ0) is 9.54. The van der Waals surface area contributed by atoms with Gasteiger partial charge in [-0.3, -0.25) is 6.08 Å². The second-order valence-electron chi connectivity index (χ2n) is 1.00. The molecule has 1 aliphatic carbocycles. The van der Waals surface area contributed by atoms with E-state index in [4.69, 9.17) is 21.0 Å². The fourth-order valence-electron chi connectivity index (χ4n) is 0.340. The Morgan fingerprint density at radius 3 is 1.69 bits per heavy atom. The fraction of sp³-hybridized carbons (Fsp3) is 0.250. The molecular formula is C8H13N2O2W-5. The molecule has 78 valence electrons. The average molecular weight is 353 g/mol. The Hall–Kier alpha value is -0.632. The van der Waals surface area contributed by atoms with Crippen molar-refractivity contribution in [1.82, 2.24) is 0 Å². The molecule has 1 rings (SSSR count). The molecule has 0 aromatic heterocycles. The largest absolute Gasteiger partial charge is 0.577 e. The molecule has 0 amide bonds. The van der Waals surface area contributed by atoms with Crippen LogP contribution in [0.2, 0.25) is 0 Å². The average Bonchev–Trinajstić information content (AvgIpc) is 2.71. The minimum absolute atomic E-state index is 0. The molecule has 0 saturated heterocycles. The Kier molecular flexibility index (Phi) is 145. The summed E-state index contributed by atoms with van der Waals surface area (Å²) in [6.07, 6.45) is 10.0. The molecule has 0 spiro atoms. The van der Waals surface area contributed by atoms with Crippen LogP contribution in [0.5, 0.6) is 0 Å². The van der Waals surface area contributed by atoms with Gasteiger partial charge >= 0.3 is 0 Å². The molecule has 0 unspecified atom stereocenters. The third-order valence-corrected chi connectivity index (χ3v) is 0.586. The summed E-state index contributed by atoms with van der Waals surface area (Å²) in [5.74, 6) is 0. The van der Waals surface area contributed by atoms with E-state index in [1.807, 2.05) is 12.2 Å². The predicted octanol–water partition coefficient (Wildman–Crippen LogP) is 3.24. The zero-order valence-corrected chi connectivity index (χ0v) is 10.7. The van der Waals surface area contributed by atoms with E-state index in [2.05, 4.69) is 19.1 Å². The molecule has 0 saturated carbocycles. The number of allylic oxidation sites excluding steroid dienone is 4. The standard InChI is InChI=1S/C5H5.C2H5.CH3.2NO.W/c1-2-4-5-3-1;1-2;;2*1-2;/h1-3H,4H2;1H2,2H3;1H3;;;/q5*-1;. The van der Waals surface area contributed by atoms with Gasteiger partial charge in [0.05, 0.1) is 0 Å². The van der Waals surface area contributed by atoms with E-state index in [1.165, 1.54) is 0 Å². The van der Waals surface area contributed by atoms with Crippen LogP contribution in [-0.2, 0) is 21.1 Å². The molecule has 0 aromatic rings. The number of nitrogens with zero attached hydrogens (tertiary/aromatic N) is 2. The molecule has 0 radical (unpaired) electrons. The second kappa shape index (κ2) is 64.0. The maximum Gasteiger partial charge on any atom is 0 e. The van der Waals surface area contributed by atoms with Gasteiger partial charge in [-0.05, 0) is 0 Å². The van der Waals surface area contributed by atoms with Crippen LogP contribution < -0.4 is 0 Å². The number of rotatable bonds is 0. The van der Waals surface area contributed by atoms with Crippen LogP contribution in [0, 0.1) is 30.2 Å². The SMILES string of the molecule is [C-]1=CC=CC1.[CH2-]C.[CH3-].[N-]=O.[N-]=O.[W]. The van der Waals surface area contributed by atoms with E-state index in [0.29, 0.717) is 0 Å². The van der Waals surface area contributed by atoms with Crippen molar-refractivity contribution < 1.29 is 21.1 Å². The Morgan fingerprint density at radius 1 is 1.23 bits per heavy atom. The summed E-state index contributed by atoms with van der Waals surface area (Å²) >= 11 is 0. The van der Waals surface area contributed by atoms with Gasteiger partial charge in [0.15, 0.2) is 0 Å². The Labute approximate surface area is 94.3 Å². The van der Waals surface area contributed by atoms with Gasteiger partial charge in [0.1, 0.15) is 0 Å². The summed E-state index contributed by atoms with van der Waals surface area (Å²) in [5.41, 5.74) is 11.5. The topological polar surface area (TPSA) is 78.7 Å². The maximum atomic E-state index is 7.25. The van der Waals surface area contributed by atoms with Crippen molar-refractivity contribution in [3.8, 4) is 0 Å². The van der Waals surface area contributed by atoms with Crippen molar-refractivity contribution in [2.75, 3.05) is 0 Å². The molecule has 0 atom stereocenters. The van der Waals surface area contributed by atoms with Gasteiger partial charge < -0.3 is 35.4 Å². The van der Waals surface area contributed by atoms with Gasteiger partial charge in [-0.15, -0.1) is 6.42 Å². The molecular weight excluding hydrogens is 340 g/mol. The summed E-state index contributed by atoms with van der Waals surface area (Å²) in [5, 5.41) is 0. The fourth-order valence-corrected chi connectivity index (χ4v) is 0.340. The van der Waals surface area contributed by atoms with Crippen LogP contribution in [0.4, 0.5) is 0 Å². The molecule has 1 aliphatic rings. The van der Waals surface area contributed by atoms with Gasteiger partial charge in [-0.2, -0.15) is 13.0 Å². The smallest absolute Gasteiger partial charge is 0 e. The van der Waals surface area contributed by atoms with Crippen molar-refractivity contribution in [2.45, 2.75) is 13.3 Å². The number of nitroso groups, excluding NO2 is 2. The van der Waals surface area contributed by atoms with Gasteiger partial charge in [0.25, 0.3) is 0 Å². The summed E-state index contributed by atoms with van der Waals surface area (Å²) in [6, 6.07) is 0. The molecule has 5 heteroatoms. The van der Waals surface area contributed by atoms with Gasteiger partial charge in [-0.25, -0.2) is 12.2 Å². The zero-order valence-electron chi connectivity index (χ0n) is 7.77. The van der Waals surface area contributed by atoms with Crippen LogP contribution in [0.1, 0.15) is 13.3 Å². The molecule has 0 fully saturated rings. The molecule has 0 aliphatic heterocycles. The van der Waals surface area contributed by atoms with Gasteiger partial charge in [0, 0.05) is 21.1 Å². The van der Waals surface area contributed by atoms with E-state index in [1.54, 1.807) is 6.92 Å².